The fourth-order valence-electron chi connectivity index (χ4n) is 3.92. The predicted molar refractivity (Wildman–Crippen MR) is 106 cm³/mol. The Balaban J connectivity index is 1.57. The van der Waals surface area contributed by atoms with Crippen LogP contribution in [0.3, 0.4) is 0 Å². The molecule has 2 aromatic rings. The summed E-state index contributed by atoms with van der Waals surface area (Å²) in [6.07, 6.45) is 7.70. The van der Waals surface area contributed by atoms with Gasteiger partial charge in [0.1, 0.15) is 5.39 Å². The van der Waals surface area contributed by atoms with Crippen LogP contribution in [0.5, 0.6) is 6.01 Å². The first kappa shape index (κ1) is 19.0. The molecular formula is C19H23N3O5S. The van der Waals surface area contributed by atoms with E-state index in [1.807, 2.05) is 0 Å². The van der Waals surface area contributed by atoms with Crippen LogP contribution in [0.2, 0.25) is 0 Å². The molecule has 0 amide bonds. The summed E-state index contributed by atoms with van der Waals surface area (Å²) in [6.45, 7) is 0. The maximum atomic E-state index is 12.6. The molecule has 4 rings (SSSR count). The van der Waals surface area contributed by atoms with E-state index in [1.54, 1.807) is 0 Å². The molecule has 1 aliphatic heterocycles. The van der Waals surface area contributed by atoms with Gasteiger partial charge in [0.05, 0.1) is 5.71 Å². The van der Waals surface area contributed by atoms with E-state index >= 15 is 0 Å². The highest BCUT2D eigenvalue weighted by atomic mass is 32.2. The van der Waals surface area contributed by atoms with Crippen molar-refractivity contribution in [2.75, 3.05) is 11.5 Å². The highest BCUT2D eigenvalue weighted by Crippen LogP contribution is 2.29. The maximum Gasteiger partial charge on any atom is 0.337 e. The van der Waals surface area contributed by atoms with E-state index in [2.05, 4.69) is 15.1 Å². The molecule has 3 heterocycles. The van der Waals surface area contributed by atoms with Gasteiger partial charge in [-0.1, -0.05) is 30.8 Å². The molecule has 0 spiro atoms. The Labute approximate surface area is 163 Å². The zero-order valence-electron chi connectivity index (χ0n) is 15.6. The van der Waals surface area contributed by atoms with Crippen molar-refractivity contribution in [3.63, 3.8) is 0 Å². The van der Waals surface area contributed by atoms with Crippen LogP contribution in [0.1, 0.15) is 50.5 Å². The minimum atomic E-state index is -0.799. The van der Waals surface area contributed by atoms with Gasteiger partial charge in [0.25, 0.3) is 5.56 Å². The Hall–Kier alpha value is -2.29. The van der Waals surface area contributed by atoms with Gasteiger partial charge in [-0.25, -0.2) is 4.79 Å². The molecule has 0 atom stereocenters. The van der Waals surface area contributed by atoms with Crippen LogP contribution in [-0.2, 0) is 17.2 Å². The number of rotatable bonds is 5. The fraction of sp³-hybridized carbons (Fsp3) is 0.579. The van der Waals surface area contributed by atoms with E-state index in [9.17, 15) is 13.8 Å². The molecule has 2 aliphatic rings. The summed E-state index contributed by atoms with van der Waals surface area (Å²) in [6, 6.07) is 1.27. The molecule has 2 aromatic heterocycles. The lowest BCUT2D eigenvalue weighted by molar-refractivity contribution is 0.309. The molecule has 0 aromatic carbocycles. The predicted octanol–water partition coefficient (Wildman–Crippen LogP) is 2.28. The van der Waals surface area contributed by atoms with E-state index in [0.717, 1.165) is 12.1 Å². The third kappa shape index (κ3) is 4.40. The van der Waals surface area contributed by atoms with Crippen LogP contribution in [0.15, 0.2) is 25.2 Å². The Bertz CT molecular complexity index is 1020. The minimum absolute atomic E-state index is 0.0300. The van der Waals surface area contributed by atoms with Gasteiger partial charge in [-0.2, -0.15) is 4.98 Å². The molecular weight excluding hydrogens is 382 g/mol. The molecule has 8 nitrogen and oxygen atoms in total. The molecule has 0 unspecified atom stereocenters. The summed E-state index contributed by atoms with van der Waals surface area (Å²) in [5.41, 5.74) is 0.473. The lowest BCUT2D eigenvalue weighted by Crippen LogP contribution is -2.19. The molecule has 28 heavy (non-hydrogen) atoms. The number of oxime groups is 1. The van der Waals surface area contributed by atoms with Gasteiger partial charge < -0.3 is 9.25 Å². The van der Waals surface area contributed by atoms with Gasteiger partial charge >= 0.3 is 11.6 Å². The van der Waals surface area contributed by atoms with Crippen molar-refractivity contribution >= 4 is 27.6 Å². The molecule has 1 aliphatic carbocycles. The number of nitrogens with zero attached hydrogens (tertiary/aromatic N) is 2. The Morgan fingerprint density at radius 3 is 2.75 bits per heavy atom. The van der Waals surface area contributed by atoms with Gasteiger partial charge in [0.2, 0.25) is 5.71 Å². The summed E-state index contributed by atoms with van der Waals surface area (Å²) >= 11 is 0. The zero-order valence-corrected chi connectivity index (χ0v) is 16.4. The van der Waals surface area contributed by atoms with Crippen molar-refractivity contribution < 1.29 is 13.5 Å². The first-order chi connectivity index (χ1) is 13.6. The second-order valence-electron chi connectivity index (χ2n) is 7.43. The number of H-pyrrole nitrogens is 1. The number of fused-ring (bicyclic) bond motifs is 1. The first-order valence-corrected chi connectivity index (χ1v) is 11.2. The summed E-state index contributed by atoms with van der Waals surface area (Å²) < 4.78 is 16.5. The van der Waals surface area contributed by atoms with Crippen LogP contribution in [0.25, 0.3) is 11.1 Å². The van der Waals surface area contributed by atoms with Crippen LogP contribution in [-0.4, -0.2) is 31.4 Å². The Kier molecular flexibility index (Phi) is 5.70. The molecule has 0 radical (unpaired) electrons. The summed E-state index contributed by atoms with van der Waals surface area (Å²) in [5, 5.41) is 4.30. The number of aromatic nitrogens is 2. The van der Waals surface area contributed by atoms with Crippen molar-refractivity contribution in [2.24, 2.45) is 11.1 Å². The molecule has 150 valence electrons. The maximum absolute atomic E-state index is 12.6. The van der Waals surface area contributed by atoms with Gasteiger partial charge in [-0.15, -0.1) is 0 Å². The molecule has 1 saturated heterocycles. The second kappa shape index (κ2) is 8.38. The van der Waals surface area contributed by atoms with Crippen molar-refractivity contribution in [1.82, 2.24) is 9.97 Å². The third-order valence-corrected chi connectivity index (χ3v) is 6.79. The largest absolute Gasteiger partial charge is 0.403 e. The first-order valence-electron chi connectivity index (χ1n) is 9.73. The number of nitrogens with one attached hydrogen (secondary N) is 1. The molecule has 1 N–H and O–H groups in total. The second-order valence-corrected chi connectivity index (χ2v) is 9.12. The van der Waals surface area contributed by atoms with Crippen molar-refractivity contribution in [3.8, 4) is 6.01 Å². The normalized spacial score (nSPS) is 20.6. The monoisotopic (exact) mass is 405 g/mol. The van der Waals surface area contributed by atoms with E-state index in [-0.39, 0.29) is 11.7 Å². The quantitative estimate of drug-likeness (QED) is 0.763. The highest BCUT2D eigenvalue weighted by molar-refractivity contribution is 7.85. The topological polar surface area (TPSA) is 115 Å². The van der Waals surface area contributed by atoms with Crippen molar-refractivity contribution in [1.29, 1.82) is 0 Å². The minimum Gasteiger partial charge on any atom is -0.403 e. The SMILES string of the molecule is O=c1cc(CCC2CCCC2)c2c(=O)[nH]c(ON=C3CCS(=O)CC3)nc2o1. The lowest BCUT2D eigenvalue weighted by Gasteiger charge is -2.11. The van der Waals surface area contributed by atoms with Gasteiger partial charge in [-0.05, 0) is 24.3 Å². The average molecular weight is 405 g/mol. The smallest absolute Gasteiger partial charge is 0.337 e. The van der Waals surface area contributed by atoms with Crippen LogP contribution in [0.4, 0.5) is 0 Å². The van der Waals surface area contributed by atoms with Crippen molar-refractivity contribution in [3.05, 3.63) is 32.4 Å². The number of hydrogen-bond donors (Lipinski definition) is 1. The number of hydrogen-bond acceptors (Lipinski definition) is 7. The standard InChI is InChI=1S/C19H23N3O5S/c23-15-11-13(6-5-12-3-1-2-4-12)16-17(24)20-19(21-18(16)26-15)27-22-14-7-9-28(25)10-8-14/h11-12H,1-10H2,(H,20,21,24). The number of aryl methyl sites for hydroxylation is 1. The lowest BCUT2D eigenvalue weighted by atomic mass is 9.97. The third-order valence-electron chi connectivity index (χ3n) is 5.47. The van der Waals surface area contributed by atoms with Crippen LogP contribution in [0, 0.1) is 5.92 Å². The number of aromatic amines is 1. The van der Waals surface area contributed by atoms with Crippen molar-refractivity contribution in [2.45, 2.75) is 51.4 Å². The fourth-order valence-corrected chi connectivity index (χ4v) is 5.05. The van der Waals surface area contributed by atoms with E-state index in [0.29, 0.717) is 47.6 Å². The van der Waals surface area contributed by atoms with Crippen LogP contribution < -0.4 is 16.0 Å². The Morgan fingerprint density at radius 2 is 2.00 bits per heavy atom. The highest BCUT2D eigenvalue weighted by Gasteiger charge is 2.18. The molecule has 2 fully saturated rings. The molecule has 0 bridgehead atoms. The van der Waals surface area contributed by atoms with Gasteiger partial charge in [-0.3, -0.25) is 14.0 Å². The molecule has 9 heteroatoms. The van der Waals surface area contributed by atoms with E-state index in [4.69, 9.17) is 9.25 Å². The zero-order chi connectivity index (χ0) is 19.5. The summed E-state index contributed by atoms with van der Waals surface area (Å²) in [7, 11) is -0.799. The summed E-state index contributed by atoms with van der Waals surface area (Å²) in [4.78, 5) is 36.5. The van der Waals surface area contributed by atoms with Gasteiger partial charge in [0.15, 0.2) is 0 Å². The van der Waals surface area contributed by atoms with Crippen LogP contribution >= 0.6 is 0 Å². The molecule has 1 saturated carbocycles. The Morgan fingerprint density at radius 1 is 1.25 bits per heavy atom. The van der Waals surface area contributed by atoms with E-state index in [1.165, 1.54) is 31.7 Å². The van der Waals surface area contributed by atoms with Gasteiger partial charge in [0, 0.05) is 41.2 Å². The van der Waals surface area contributed by atoms with E-state index < -0.39 is 22.0 Å². The average Bonchev–Trinajstić information content (AvgIpc) is 3.19. The summed E-state index contributed by atoms with van der Waals surface area (Å²) in [5.74, 6) is 1.77.